The number of hydrogen-bond acceptors (Lipinski definition) is 5. The van der Waals surface area contributed by atoms with E-state index in [9.17, 15) is 13.2 Å². The van der Waals surface area contributed by atoms with Gasteiger partial charge in [0.15, 0.2) is 16.4 Å². The van der Waals surface area contributed by atoms with Gasteiger partial charge in [-0.1, -0.05) is 55.8 Å². The van der Waals surface area contributed by atoms with Crippen molar-refractivity contribution >= 4 is 27.3 Å². The quantitative estimate of drug-likeness (QED) is 0.521. The van der Waals surface area contributed by atoms with Gasteiger partial charge in [-0.05, 0) is 54.0 Å². The SMILES string of the molecule is CC(C)[C@@H]1C[C@H](c2ccccc2Cl)CO[C@H]1c1cccc(OCC(=O)N(C)[C@H]2CCS(=O)(=O)C2)c1. The fourth-order valence-electron chi connectivity index (χ4n) is 5.16. The Morgan fingerprint density at radius 3 is 2.66 bits per heavy atom. The van der Waals surface area contributed by atoms with Crippen LogP contribution in [0.3, 0.4) is 0 Å². The van der Waals surface area contributed by atoms with Crippen LogP contribution in [0.5, 0.6) is 5.75 Å². The van der Waals surface area contributed by atoms with Gasteiger partial charge in [0, 0.05) is 24.0 Å². The second kappa shape index (κ2) is 10.9. The Kier molecular flexibility index (Phi) is 8.09. The monoisotopic (exact) mass is 519 g/mol. The van der Waals surface area contributed by atoms with E-state index >= 15 is 0 Å². The molecule has 0 spiro atoms. The first-order valence-corrected chi connectivity index (χ1v) is 14.4. The van der Waals surface area contributed by atoms with E-state index in [0.717, 1.165) is 22.6 Å². The number of rotatable bonds is 7. The predicted octanol–water partition coefficient (Wildman–Crippen LogP) is 4.88. The largest absolute Gasteiger partial charge is 0.484 e. The Morgan fingerprint density at radius 2 is 1.97 bits per heavy atom. The molecule has 2 aromatic carbocycles. The van der Waals surface area contributed by atoms with Crippen molar-refractivity contribution in [3.8, 4) is 5.75 Å². The van der Waals surface area contributed by atoms with Gasteiger partial charge >= 0.3 is 0 Å². The maximum atomic E-state index is 12.6. The summed E-state index contributed by atoms with van der Waals surface area (Å²) in [6.07, 6.45) is 1.38. The minimum absolute atomic E-state index is 0.0233. The Morgan fingerprint density at radius 1 is 1.20 bits per heavy atom. The smallest absolute Gasteiger partial charge is 0.260 e. The molecule has 2 heterocycles. The van der Waals surface area contributed by atoms with Crippen LogP contribution in [0.2, 0.25) is 5.02 Å². The highest BCUT2D eigenvalue weighted by Gasteiger charge is 2.36. The summed E-state index contributed by atoms with van der Waals surface area (Å²) in [5.41, 5.74) is 2.16. The minimum atomic E-state index is -3.05. The molecule has 1 amide bonds. The highest BCUT2D eigenvalue weighted by Crippen LogP contribution is 2.45. The Hall–Kier alpha value is -2.09. The van der Waals surface area contributed by atoms with Crippen molar-refractivity contribution in [1.82, 2.24) is 4.90 Å². The maximum Gasteiger partial charge on any atom is 0.260 e. The molecule has 0 N–H and O–H groups in total. The van der Waals surface area contributed by atoms with Gasteiger partial charge < -0.3 is 14.4 Å². The van der Waals surface area contributed by atoms with Crippen molar-refractivity contribution in [2.24, 2.45) is 11.8 Å². The van der Waals surface area contributed by atoms with E-state index in [1.54, 1.807) is 7.05 Å². The van der Waals surface area contributed by atoms with Crippen LogP contribution in [-0.2, 0) is 19.4 Å². The molecule has 6 nitrogen and oxygen atoms in total. The molecular formula is C27H34ClNO5S. The lowest BCUT2D eigenvalue weighted by atomic mass is 9.76. The van der Waals surface area contributed by atoms with E-state index in [2.05, 4.69) is 19.9 Å². The van der Waals surface area contributed by atoms with Crippen LogP contribution in [0, 0.1) is 11.8 Å². The van der Waals surface area contributed by atoms with Crippen LogP contribution in [0.25, 0.3) is 0 Å². The summed E-state index contributed by atoms with van der Waals surface area (Å²) in [4.78, 5) is 14.1. The van der Waals surface area contributed by atoms with E-state index in [0.29, 0.717) is 30.6 Å². The van der Waals surface area contributed by atoms with Crippen molar-refractivity contribution in [2.75, 3.05) is 31.8 Å². The summed E-state index contributed by atoms with van der Waals surface area (Å²) in [5.74, 6) is 1.49. The number of carbonyl (C=O) groups excluding carboxylic acids is 1. The summed E-state index contributed by atoms with van der Waals surface area (Å²) >= 11 is 6.46. The molecule has 0 radical (unpaired) electrons. The van der Waals surface area contributed by atoms with Gasteiger partial charge in [-0.2, -0.15) is 0 Å². The van der Waals surface area contributed by atoms with Crippen LogP contribution in [0.15, 0.2) is 48.5 Å². The third kappa shape index (κ3) is 6.19. The Balaban J connectivity index is 1.41. The normalized spacial score (nSPS) is 26.0. The number of benzene rings is 2. The average Bonchev–Trinajstić information content (AvgIpc) is 3.21. The van der Waals surface area contributed by atoms with Crippen molar-refractivity contribution in [2.45, 2.75) is 44.8 Å². The highest BCUT2D eigenvalue weighted by atomic mass is 35.5. The number of amides is 1. The summed E-state index contributed by atoms with van der Waals surface area (Å²) in [6, 6.07) is 15.4. The van der Waals surface area contributed by atoms with Crippen LogP contribution in [0.4, 0.5) is 0 Å². The van der Waals surface area contributed by atoms with Crippen molar-refractivity contribution < 1.29 is 22.7 Å². The molecule has 2 fully saturated rings. The molecular weight excluding hydrogens is 486 g/mol. The van der Waals surface area contributed by atoms with Crippen molar-refractivity contribution in [3.63, 3.8) is 0 Å². The fraction of sp³-hybridized carbons (Fsp3) is 0.519. The maximum absolute atomic E-state index is 12.6. The van der Waals surface area contributed by atoms with E-state index in [1.165, 1.54) is 4.90 Å². The van der Waals surface area contributed by atoms with Gasteiger partial charge in [0.2, 0.25) is 0 Å². The molecule has 4 rings (SSSR count). The van der Waals surface area contributed by atoms with Crippen LogP contribution in [0.1, 0.15) is 49.8 Å². The lowest BCUT2D eigenvalue weighted by molar-refractivity contribution is -0.133. The van der Waals surface area contributed by atoms with E-state index < -0.39 is 9.84 Å². The van der Waals surface area contributed by atoms with Gasteiger partial charge in [0.05, 0.1) is 24.2 Å². The van der Waals surface area contributed by atoms with Gasteiger partial charge in [0.25, 0.3) is 5.91 Å². The third-order valence-corrected chi connectivity index (χ3v) is 9.42. The Labute approximate surface area is 213 Å². The standard InChI is InChI=1S/C27H34ClNO5S/c1-18(2)24-14-20(23-9-4-5-10-25(23)28)15-34-27(24)19-7-6-8-22(13-19)33-16-26(30)29(3)21-11-12-35(31,32)17-21/h4-10,13,18,20-21,24,27H,11-12,14-17H2,1-3H3/t20-,21-,24-,27-/m0/s1. The van der Waals surface area contributed by atoms with Gasteiger partial charge in [0.1, 0.15) is 5.75 Å². The zero-order chi connectivity index (χ0) is 25.2. The van der Waals surface area contributed by atoms with Gasteiger partial charge in [-0.3, -0.25) is 4.79 Å². The molecule has 4 atom stereocenters. The molecule has 2 saturated heterocycles. The van der Waals surface area contributed by atoms with Crippen LogP contribution in [-0.4, -0.2) is 57.0 Å². The summed E-state index contributed by atoms with van der Waals surface area (Å²) in [6.45, 7) is 4.89. The molecule has 0 saturated carbocycles. The molecule has 190 valence electrons. The Bertz CT molecular complexity index is 1150. The fourth-order valence-corrected chi connectivity index (χ4v) is 7.23. The lowest BCUT2D eigenvalue weighted by Crippen LogP contribution is -2.40. The van der Waals surface area contributed by atoms with E-state index in [1.807, 2.05) is 42.5 Å². The number of nitrogens with zero attached hydrogens (tertiary/aromatic N) is 1. The number of hydrogen-bond donors (Lipinski definition) is 0. The molecule has 8 heteroatoms. The van der Waals surface area contributed by atoms with E-state index in [-0.39, 0.29) is 42.1 Å². The van der Waals surface area contributed by atoms with Crippen LogP contribution >= 0.6 is 11.6 Å². The van der Waals surface area contributed by atoms with Crippen LogP contribution < -0.4 is 4.74 Å². The molecule has 2 aromatic rings. The van der Waals surface area contributed by atoms with Crippen molar-refractivity contribution in [3.05, 3.63) is 64.7 Å². The summed E-state index contributed by atoms with van der Waals surface area (Å²) < 4.78 is 35.7. The number of ether oxygens (including phenoxy) is 2. The first-order chi connectivity index (χ1) is 16.6. The average molecular weight is 520 g/mol. The molecule has 0 unspecified atom stereocenters. The molecule has 0 aromatic heterocycles. The molecule has 2 aliphatic rings. The van der Waals surface area contributed by atoms with Gasteiger partial charge in [-0.15, -0.1) is 0 Å². The predicted molar refractivity (Wildman–Crippen MR) is 138 cm³/mol. The first kappa shape index (κ1) is 26.0. The van der Waals surface area contributed by atoms with Gasteiger partial charge in [-0.25, -0.2) is 8.42 Å². The first-order valence-electron chi connectivity index (χ1n) is 12.2. The summed E-state index contributed by atoms with van der Waals surface area (Å²) in [5, 5.41) is 0.780. The zero-order valence-corrected chi connectivity index (χ0v) is 22.1. The third-order valence-electron chi connectivity index (χ3n) is 7.32. The molecule has 35 heavy (non-hydrogen) atoms. The number of halogens is 1. The highest BCUT2D eigenvalue weighted by molar-refractivity contribution is 7.91. The lowest BCUT2D eigenvalue weighted by Gasteiger charge is -2.39. The summed E-state index contributed by atoms with van der Waals surface area (Å²) in [7, 11) is -1.41. The molecule has 2 aliphatic heterocycles. The topological polar surface area (TPSA) is 72.9 Å². The number of carbonyl (C=O) groups is 1. The van der Waals surface area contributed by atoms with Crippen molar-refractivity contribution in [1.29, 1.82) is 0 Å². The number of sulfone groups is 1. The second-order valence-corrected chi connectivity index (χ2v) is 12.7. The molecule has 0 aliphatic carbocycles. The second-order valence-electron chi connectivity index (χ2n) is 10.0. The van der Waals surface area contributed by atoms with E-state index in [4.69, 9.17) is 21.1 Å². The molecule has 0 bridgehead atoms. The minimum Gasteiger partial charge on any atom is -0.484 e. The number of likely N-dealkylation sites (N-methyl/N-ethyl adjacent to an activating group) is 1. The zero-order valence-electron chi connectivity index (χ0n) is 20.5.